The fourth-order valence-corrected chi connectivity index (χ4v) is 5.46. The van der Waals surface area contributed by atoms with Crippen molar-refractivity contribution in [1.29, 1.82) is 0 Å². The molecule has 0 aliphatic carbocycles. The van der Waals surface area contributed by atoms with Gasteiger partial charge < -0.3 is 14.7 Å². The van der Waals surface area contributed by atoms with Crippen LogP contribution in [0.4, 0.5) is 11.5 Å². The number of nitrogens with zero attached hydrogens (tertiary/aromatic N) is 5. The highest BCUT2D eigenvalue weighted by Gasteiger charge is 2.31. The van der Waals surface area contributed by atoms with Gasteiger partial charge in [0, 0.05) is 49.9 Å². The van der Waals surface area contributed by atoms with Crippen LogP contribution in [-0.4, -0.2) is 60.3 Å². The molecule has 0 unspecified atom stereocenters. The summed E-state index contributed by atoms with van der Waals surface area (Å²) in [7, 11) is 0. The number of aryl methyl sites for hydroxylation is 1. The minimum absolute atomic E-state index is 0.0282. The first-order chi connectivity index (χ1) is 16.7. The summed E-state index contributed by atoms with van der Waals surface area (Å²) in [6, 6.07) is 23.0. The lowest BCUT2D eigenvalue weighted by molar-refractivity contribution is -0.136. The third-order valence-electron chi connectivity index (χ3n) is 6.68. The second-order valence-electron chi connectivity index (χ2n) is 9.08. The van der Waals surface area contributed by atoms with E-state index in [4.69, 9.17) is 0 Å². The summed E-state index contributed by atoms with van der Waals surface area (Å²) in [6.45, 7) is 7.07. The molecule has 0 N–H and O–H groups in total. The van der Waals surface area contributed by atoms with Gasteiger partial charge in [-0.15, -0.1) is 10.2 Å². The number of rotatable bonds is 5. The molecular formula is C27H31N5OS. The Morgan fingerprint density at radius 3 is 2.32 bits per heavy atom. The van der Waals surface area contributed by atoms with Crippen LogP contribution >= 0.6 is 11.8 Å². The highest BCUT2D eigenvalue weighted by atomic mass is 32.2. The van der Waals surface area contributed by atoms with Crippen molar-refractivity contribution in [3.05, 3.63) is 72.3 Å². The van der Waals surface area contributed by atoms with Gasteiger partial charge in [-0.05, 0) is 56.2 Å². The maximum absolute atomic E-state index is 13.3. The molecule has 176 valence electrons. The molecule has 2 aliphatic heterocycles. The van der Waals surface area contributed by atoms with Crippen molar-refractivity contribution >= 4 is 29.2 Å². The standard InChI is InChI=1S/C27H31N5OS/c1-21-9-11-24(12-10-21)34-26-14-13-25(28-29-26)32-15-5-6-22(20-32)27(33)31-18-16-30(17-19-31)23-7-3-2-4-8-23/h2-4,7-14,22H,5-6,15-20H2,1H3/t22-/m0/s1. The van der Waals surface area contributed by atoms with E-state index >= 15 is 0 Å². The molecule has 1 aromatic heterocycles. The number of anilines is 2. The van der Waals surface area contributed by atoms with Gasteiger partial charge in [-0.1, -0.05) is 47.7 Å². The number of aromatic nitrogens is 2. The van der Waals surface area contributed by atoms with E-state index in [9.17, 15) is 4.79 Å². The van der Waals surface area contributed by atoms with Crippen LogP contribution in [0.2, 0.25) is 0 Å². The zero-order chi connectivity index (χ0) is 23.3. The van der Waals surface area contributed by atoms with Gasteiger partial charge in [0.1, 0.15) is 5.03 Å². The van der Waals surface area contributed by atoms with E-state index < -0.39 is 0 Å². The van der Waals surface area contributed by atoms with E-state index in [-0.39, 0.29) is 11.8 Å². The normalized spacial score (nSPS) is 18.7. The van der Waals surface area contributed by atoms with Crippen molar-refractivity contribution in [3.63, 3.8) is 0 Å². The van der Waals surface area contributed by atoms with E-state index in [1.54, 1.807) is 11.8 Å². The molecule has 34 heavy (non-hydrogen) atoms. The van der Waals surface area contributed by atoms with E-state index in [1.165, 1.54) is 11.3 Å². The topological polar surface area (TPSA) is 52.6 Å². The maximum atomic E-state index is 13.3. The van der Waals surface area contributed by atoms with Gasteiger partial charge >= 0.3 is 0 Å². The molecule has 7 heteroatoms. The van der Waals surface area contributed by atoms with Crippen LogP contribution in [0.25, 0.3) is 0 Å². The van der Waals surface area contributed by atoms with Gasteiger partial charge in [-0.3, -0.25) is 4.79 Å². The predicted molar refractivity (Wildman–Crippen MR) is 138 cm³/mol. The lowest BCUT2D eigenvalue weighted by atomic mass is 9.96. The van der Waals surface area contributed by atoms with Crippen molar-refractivity contribution < 1.29 is 4.79 Å². The van der Waals surface area contributed by atoms with Crippen molar-refractivity contribution in [2.75, 3.05) is 49.1 Å². The predicted octanol–water partition coefficient (Wildman–Crippen LogP) is 4.50. The number of amides is 1. The number of carbonyl (C=O) groups is 1. The molecular weight excluding hydrogens is 442 g/mol. The molecule has 2 saturated heterocycles. The van der Waals surface area contributed by atoms with E-state index in [0.29, 0.717) is 0 Å². The smallest absolute Gasteiger partial charge is 0.227 e. The largest absolute Gasteiger partial charge is 0.368 e. The van der Waals surface area contributed by atoms with Crippen molar-refractivity contribution in [2.45, 2.75) is 29.7 Å². The Morgan fingerprint density at radius 1 is 0.853 bits per heavy atom. The Kier molecular flexibility index (Phi) is 7.00. The Hall–Kier alpha value is -3.06. The van der Waals surface area contributed by atoms with Gasteiger partial charge in [-0.2, -0.15) is 0 Å². The van der Waals surface area contributed by atoms with Crippen LogP contribution in [0, 0.1) is 12.8 Å². The molecule has 0 radical (unpaired) electrons. The number of benzene rings is 2. The molecule has 5 rings (SSSR count). The van der Waals surface area contributed by atoms with Gasteiger partial charge in [0.25, 0.3) is 0 Å². The molecule has 3 heterocycles. The quantitative estimate of drug-likeness (QED) is 0.544. The molecule has 2 fully saturated rings. The lowest BCUT2D eigenvalue weighted by Gasteiger charge is -2.40. The van der Waals surface area contributed by atoms with E-state index in [1.807, 2.05) is 18.2 Å². The van der Waals surface area contributed by atoms with Crippen LogP contribution in [-0.2, 0) is 4.79 Å². The molecule has 0 saturated carbocycles. The number of hydrogen-bond donors (Lipinski definition) is 0. The monoisotopic (exact) mass is 473 g/mol. The van der Waals surface area contributed by atoms with Crippen molar-refractivity contribution in [3.8, 4) is 0 Å². The summed E-state index contributed by atoms with van der Waals surface area (Å²) in [5, 5.41) is 9.81. The Balaban J connectivity index is 1.16. The average molecular weight is 474 g/mol. The van der Waals surface area contributed by atoms with Crippen molar-refractivity contribution in [2.24, 2.45) is 5.92 Å². The van der Waals surface area contributed by atoms with E-state index in [2.05, 4.69) is 80.4 Å². The highest BCUT2D eigenvalue weighted by Crippen LogP contribution is 2.28. The van der Waals surface area contributed by atoms with Gasteiger partial charge in [0.15, 0.2) is 5.82 Å². The average Bonchev–Trinajstić information content (AvgIpc) is 2.91. The number of piperazine rings is 1. The van der Waals surface area contributed by atoms with Crippen molar-refractivity contribution in [1.82, 2.24) is 15.1 Å². The third kappa shape index (κ3) is 5.36. The van der Waals surface area contributed by atoms with Crippen LogP contribution in [0.5, 0.6) is 0 Å². The Morgan fingerprint density at radius 2 is 1.62 bits per heavy atom. The minimum Gasteiger partial charge on any atom is -0.368 e. The summed E-state index contributed by atoms with van der Waals surface area (Å²) < 4.78 is 0. The van der Waals surface area contributed by atoms with E-state index in [0.717, 1.165) is 67.8 Å². The highest BCUT2D eigenvalue weighted by molar-refractivity contribution is 7.99. The minimum atomic E-state index is 0.0282. The summed E-state index contributed by atoms with van der Waals surface area (Å²) >= 11 is 1.62. The second kappa shape index (κ2) is 10.5. The number of carbonyl (C=O) groups excluding carboxylic acids is 1. The molecule has 1 atom stereocenters. The molecule has 0 bridgehead atoms. The maximum Gasteiger partial charge on any atom is 0.227 e. The summed E-state index contributed by atoms with van der Waals surface area (Å²) in [5.41, 5.74) is 2.49. The van der Waals surface area contributed by atoms with Crippen LogP contribution < -0.4 is 9.80 Å². The lowest BCUT2D eigenvalue weighted by Crippen LogP contribution is -2.52. The van der Waals surface area contributed by atoms with Crippen LogP contribution in [0.15, 0.2) is 76.7 Å². The third-order valence-corrected chi connectivity index (χ3v) is 7.61. The summed E-state index contributed by atoms with van der Waals surface area (Å²) in [5.74, 6) is 1.18. The zero-order valence-electron chi connectivity index (χ0n) is 19.6. The fraction of sp³-hybridized carbons (Fsp3) is 0.370. The SMILES string of the molecule is Cc1ccc(Sc2ccc(N3CCC[C@H](C(=O)N4CCN(c5ccccc5)CC4)C3)nn2)cc1. The first-order valence-electron chi connectivity index (χ1n) is 12.1. The molecule has 1 amide bonds. The van der Waals surface area contributed by atoms with Gasteiger partial charge in [-0.25, -0.2) is 0 Å². The molecule has 2 aliphatic rings. The summed E-state index contributed by atoms with van der Waals surface area (Å²) in [6.07, 6.45) is 1.95. The zero-order valence-corrected chi connectivity index (χ0v) is 20.5. The molecule has 6 nitrogen and oxygen atoms in total. The Labute approximate surface area is 206 Å². The first-order valence-corrected chi connectivity index (χ1v) is 12.9. The molecule has 0 spiro atoms. The fourth-order valence-electron chi connectivity index (χ4n) is 4.73. The van der Waals surface area contributed by atoms with Crippen LogP contribution in [0.3, 0.4) is 0 Å². The Bertz CT molecular complexity index is 1080. The van der Waals surface area contributed by atoms with Gasteiger partial charge in [0.2, 0.25) is 5.91 Å². The molecule has 2 aromatic carbocycles. The summed E-state index contributed by atoms with van der Waals surface area (Å²) in [4.78, 5) is 21.1. The molecule has 3 aromatic rings. The number of para-hydroxylation sites is 1. The second-order valence-corrected chi connectivity index (χ2v) is 10.2. The van der Waals surface area contributed by atoms with Gasteiger partial charge in [0.05, 0.1) is 5.92 Å². The first kappa shape index (κ1) is 22.7. The number of piperidine rings is 1. The number of hydrogen-bond acceptors (Lipinski definition) is 6. The van der Waals surface area contributed by atoms with Crippen LogP contribution in [0.1, 0.15) is 18.4 Å².